The summed E-state index contributed by atoms with van der Waals surface area (Å²) in [6, 6.07) is 5.40. The van der Waals surface area contributed by atoms with E-state index in [0.29, 0.717) is 6.54 Å². The molecule has 1 fully saturated rings. The van der Waals surface area contributed by atoms with Crippen LogP contribution < -0.4 is 15.0 Å². The summed E-state index contributed by atoms with van der Waals surface area (Å²) in [5.41, 5.74) is 1.00. The van der Waals surface area contributed by atoms with E-state index in [9.17, 15) is 4.79 Å². The zero-order valence-corrected chi connectivity index (χ0v) is 13.8. The molecule has 3 heterocycles. The third kappa shape index (κ3) is 4.04. The summed E-state index contributed by atoms with van der Waals surface area (Å²) >= 11 is 0. The van der Waals surface area contributed by atoms with Gasteiger partial charge < -0.3 is 19.5 Å². The predicted octanol–water partition coefficient (Wildman–Crippen LogP) is 2.39. The highest BCUT2D eigenvalue weighted by Crippen LogP contribution is 2.18. The molecule has 0 radical (unpaired) electrons. The average Bonchev–Trinajstić information content (AvgIpc) is 2.94. The number of carbonyl (C=O) groups is 1. The van der Waals surface area contributed by atoms with Crippen molar-refractivity contribution < 1.29 is 14.1 Å². The Morgan fingerprint density at radius 2 is 2.08 bits per heavy atom. The van der Waals surface area contributed by atoms with Gasteiger partial charge in [0, 0.05) is 25.8 Å². The Hall–Kier alpha value is -2.57. The Labute approximate surface area is 141 Å². The van der Waals surface area contributed by atoms with Crippen LogP contribution in [0.4, 0.5) is 5.82 Å². The summed E-state index contributed by atoms with van der Waals surface area (Å²) in [5.74, 6) is 1.07. The summed E-state index contributed by atoms with van der Waals surface area (Å²) in [5, 5.41) is 6.44. The molecule has 2 aromatic rings. The van der Waals surface area contributed by atoms with Crippen LogP contribution in [0.1, 0.15) is 41.8 Å². The topological polar surface area (TPSA) is 80.5 Å². The number of anilines is 1. The van der Waals surface area contributed by atoms with Crippen LogP contribution in [-0.2, 0) is 6.54 Å². The van der Waals surface area contributed by atoms with Crippen LogP contribution in [-0.4, -0.2) is 36.2 Å². The average molecular weight is 330 g/mol. The molecule has 0 unspecified atom stereocenters. The number of hydrogen-bond donors (Lipinski definition) is 1. The molecule has 0 atom stereocenters. The number of aromatic nitrogens is 2. The van der Waals surface area contributed by atoms with E-state index in [1.54, 1.807) is 6.20 Å². The molecule has 7 nitrogen and oxygen atoms in total. The highest BCUT2D eigenvalue weighted by molar-refractivity contribution is 5.91. The molecular weight excluding hydrogens is 308 g/mol. The molecular formula is C17H22N4O3. The van der Waals surface area contributed by atoms with Gasteiger partial charge in [0.05, 0.1) is 13.2 Å². The van der Waals surface area contributed by atoms with Gasteiger partial charge in [-0.25, -0.2) is 4.98 Å². The van der Waals surface area contributed by atoms with Gasteiger partial charge in [-0.3, -0.25) is 4.79 Å². The zero-order chi connectivity index (χ0) is 16.8. The smallest absolute Gasteiger partial charge is 0.290 e. The number of hydrogen-bond acceptors (Lipinski definition) is 6. The molecule has 7 heteroatoms. The summed E-state index contributed by atoms with van der Waals surface area (Å²) in [4.78, 5) is 18.8. The van der Waals surface area contributed by atoms with E-state index in [1.165, 1.54) is 38.9 Å². The molecule has 0 saturated carbocycles. The van der Waals surface area contributed by atoms with Crippen LogP contribution >= 0.6 is 0 Å². The van der Waals surface area contributed by atoms with Crippen molar-refractivity contribution in [1.82, 2.24) is 15.5 Å². The number of methoxy groups -OCH3 is 1. The van der Waals surface area contributed by atoms with Crippen LogP contribution in [0.3, 0.4) is 0 Å². The van der Waals surface area contributed by atoms with E-state index in [-0.39, 0.29) is 17.5 Å². The molecule has 3 rings (SSSR count). The van der Waals surface area contributed by atoms with E-state index in [0.717, 1.165) is 24.5 Å². The molecule has 24 heavy (non-hydrogen) atoms. The number of ether oxygens (including phenoxy) is 1. The lowest BCUT2D eigenvalue weighted by Crippen LogP contribution is -2.26. The van der Waals surface area contributed by atoms with Crippen molar-refractivity contribution in [2.24, 2.45) is 0 Å². The minimum absolute atomic E-state index is 0.133. The molecule has 1 aliphatic rings. The van der Waals surface area contributed by atoms with Crippen LogP contribution in [0.25, 0.3) is 0 Å². The second-order valence-corrected chi connectivity index (χ2v) is 5.84. The van der Waals surface area contributed by atoms with Gasteiger partial charge in [-0.05, 0) is 35.7 Å². The first-order valence-electron chi connectivity index (χ1n) is 8.25. The van der Waals surface area contributed by atoms with Gasteiger partial charge in [0.25, 0.3) is 11.8 Å². The van der Waals surface area contributed by atoms with Crippen LogP contribution in [0.2, 0.25) is 0 Å². The van der Waals surface area contributed by atoms with Gasteiger partial charge >= 0.3 is 0 Å². The SMILES string of the molecule is COc1cc(C(=O)NCc2ccnc(N3CCCCCC3)c2)on1. The fraction of sp³-hybridized carbons (Fsp3) is 0.471. The molecule has 0 aromatic carbocycles. The van der Waals surface area contributed by atoms with Crippen LogP contribution in [0.5, 0.6) is 5.88 Å². The first-order chi connectivity index (χ1) is 11.8. The molecule has 0 spiro atoms. The van der Waals surface area contributed by atoms with Crippen LogP contribution in [0, 0.1) is 0 Å². The maximum atomic E-state index is 12.1. The number of carbonyl (C=O) groups excluding carboxylic acids is 1. The van der Waals surface area contributed by atoms with Crippen molar-refractivity contribution in [2.75, 3.05) is 25.1 Å². The minimum Gasteiger partial charge on any atom is -0.479 e. The number of pyridine rings is 1. The lowest BCUT2D eigenvalue weighted by molar-refractivity contribution is 0.0913. The van der Waals surface area contributed by atoms with Crippen molar-refractivity contribution in [3.05, 3.63) is 35.7 Å². The van der Waals surface area contributed by atoms with Gasteiger partial charge in [-0.2, -0.15) is 0 Å². The maximum absolute atomic E-state index is 12.1. The predicted molar refractivity (Wildman–Crippen MR) is 89.1 cm³/mol. The monoisotopic (exact) mass is 330 g/mol. The van der Waals surface area contributed by atoms with Gasteiger partial charge in [-0.1, -0.05) is 12.8 Å². The lowest BCUT2D eigenvalue weighted by Gasteiger charge is -2.21. The van der Waals surface area contributed by atoms with Crippen molar-refractivity contribution in [3.8, 4) is 5.88 Å². The van der Waals surface area contributed by atoms with Crippen molar-refractivity contribution >= 4 is 11.7 Å². The van der Waals surface area contributed by atoms with Gasteiger partial charge in [-0.15, -0.1) is 0 Å². The van der Waals surface area contributed by atoms with Gasteiger partial charge in [0.1, 0.15) is 5.82 Å². The van der Waals surface area contributed by atoms with E-state index in [4.69, 9.17) is 9.26 Å². The minimum atomic E-state index is -0.320. The largest absolute Gasteiger partial charge is 0.479 e. The molecule has 1 saturated heterocycles. The molecule has 0 bridgehead atoms. The van der Waals surface area contributed by atoms with Crippen LogP contribution in [0.15, 0.2) is 28.9 Å². The van der Waals surface area contributed by atoms with E-state index < -0.39 is 0 Å². The summed E-state index contributed by atoms with van der Waals surface area (Å²) in [7, 11) is 1.47. The third-order valence-electron chi connectivity index (χ3n) is 4.11. The van der Waals surface area contributed by atoms with Crippen molar-refractivity contribution in [3.63, 3.8) is 0 Å². The quantitative estimate of drug-likeness (QED) is 0.906. The number of nitrogens with zero attached hydrogens (tertiary/aromatic N) is 3. The fourth-order valence-electron chi connectivity index (χ4n) is 2.77. The Morgan fingerprint density at radius 1 is 1.29 bits per heavy atom. The summed E-state index contributed by atoms with van der Waals surface area (Å²) < 4.78 is 9.83. The molecule has 128 valence electrons. The molecule has 1 N–H and O–H groups in total. The molecule has 1 aliphatic heterocycles. The first-order valence-corrected chi connectivity index (χ1v) is 8.25. The molecule has 1 amide bonds. The Morgan fingerprint density at radius 3 is 2.79 bits per heavy atom. The number of amides is 1. The van der Waals surface area contributed by atoms with Gasteiger partial charge in [0.2, 0.25) is 5.76 Å². The van der Waals surface area contributed by atoms with E-state index >= 15 is 0 Å². The lowest BCUT2D eigenvalue weighted by atomic mass is 10.2. The highest BCUT2D eigenvalue weighted by Gasteiger charge is 2.14. The summed E-state index contributed by atoms with van der Waals surface area (Å²) in [6.07, 6.45) is 6.77. The fourth-order valence-corrected chi connectivity index (χ4v) is 2.77. The van der Waals surface area contributed by atoms with E-state index in [1.807, 2.05) is 12.1 Å². The molecule has 2 aromatic heterocycles. The van der Waals surface area contributed by atoms with E-state index in [2.05, 4.69) is 20.4 Å². The Bertz CT molecular complexity index is 678. The highest BCUT2D eigenvalue weighted by atomic mass is 16.5. The normalized spacial score (nSPS) is 15.0. The summed E-state index contributed by atoms with van der Waals surface area (Å²) in [6.45, 7) is 2.49. The van der Waals surface area contributed by atoms with Gasteiger partial charge in [0.15, 0.2) is 0 Å². The number of rotatable bonds is 5. The number of nitrogens with one attached hydrogen (secondary N) is 1. The zero-order valence-electron chi connectivity index (χ0n) is 13.8. The first kappa shape index (κ1) is 16.3. The second kappa shape index (κ2) is 7.81. The molecule has 0 aliphatic carbocycles. The van der Waals surface area contributed by atoms with Crippen molar-refractivity contribution in [2.45, 2.75) is 32.2 Å². The third-order valence-corrected chi connectivity index (χ3v) is 4.11. The second-order valence-electron chi connectivity index (χ2n) is 5.84. The Balaban J connectivity index is 1.60. The Kier molecular flexibility index (Phi) is 5.30. The maximum Gasteiger partial charge on any atom is 0.290 e. The van der Waals surface area contributed by atoms with Crippen molar-refractivity contribution in [1.29, 1.82) is 0 Å². The standard InChI is InChI=1S/C17H22N4O3/c1-23-16-11-14(24-20-16)17(22)19-12-13-6-7-18-15(10-13)21-8-4-2-3-5-9-21/h6-7,10-11H,2-5,8-9,12H2,1H3,(H,19,22).